The Kier molecular flexibility index (Phi) is 6.87. The maximum atomic E-state index is 9.86. The number of nitrogens with two attached hydrogens (primary N) is 1. The fourth-order valence-electron chi connectivity index (χ4n) is 2.71. The van der Waals surface area contributed by atoms with E-state index in [2.05, 4.69) is 0 Å². The highest BCUT2D eigenvalue weighted by Gasteiger charge is 2.45. The molecule has 0 spiro atoms. The Morgan fingerprint density at radius 1 is 0.792 bits per heavy atom. The van der Waals surface area contributed by atoms with Crippen LogP contribution in [0.5, 0.6) is 0 Å². The molecule has 1 unspecified atom stereocenters. The van der Waals surface area contributed by atoms with Crippen molar-refractivity contribution < 1.29 is 50.0 Å². The first kappa shape index (κ1) is 19.9. The SMILES string of the molecule is N[C@H]1C(O)O[C@H](CCO[C@H]2O[C@H](CO)[C@H](O)[C@H](O)[C@H]2O)[C@@H](O)[C@@H]1O. The average molecular weight is 355 g/mol. The van der Waals surface area contributed by atoms with E-state index in [0.717, 1.165) is 0 Å². The fourth-order valence-corrected chi connectivity index (χ4v) is 2.71. The van der Waals surface area contributed by atoms with Crippen molar-refractivity contribution in [1.29, 1.82) is 0 Å². The largest absolute Gasteiger partial charge is 0.394 e. The van der Waals surface area contributed by atoms with Crippen LogP contribution in [0.25, 0.3) is 0 Å². The van der Waals surface area contributed by atoms with Gasteiger partial charge in [0.05, 0.1) is 25.4 Å². The lowest BCUT2D eigenvalue weighted by atomic mass is 9.96. The number of ether oxygens (including phenoxy) is 3. The molecule has 10 atom stereocenters. The van der Waals surface area contributed by atoms with E-state index in [1.54, 1.807) is 0 Å². The second-order valence-electron chi connectivity index (χ2n) is 5.98. The van der Waals surface area contributed by atoms with Crippen molar-refractivity contribution >= 4 is 0 Å². The van der Waals surface area contributed by atoms with E-state index < -0.39 is 68.0 Å². The van der Waals surface area contributed by atoms with Gasteiger partial charge in [0.2, 0.25) is 0 Å². The van der Waals surface area contributed by atoms with Gasteiger partial charge in [0.25, 0.3) is 0 Å². The van der Waals surface area contributed by atoms with E-state index in [1.165, 1.54) is 0 Å². The lowest BCUT2D eigenvalue weighted by Crippen LogP contribution is -2.61. The first-order chi connectivity index (χ1) is 11.3. The van der Waals surface area contributed by atoms with E-state index in [-0.39, 0.29) is 13.0 Å². The van der Waals surface area contributed by atoms with Crippen LogP contribution in [0.1, 0.15) is 6.42 Å². The van der Waals surface area contributed by atoms with Gasteiger partial charge in [-0.15, -0.1) is 0 Å². The zero-order chi connectivity index (χ0) is 18.0. The van der Waals surface area contributed by atoms with Gasteiger partial charge in [0.15, 0.2) is 12.6 Å². The van der Waals surface area contributed by atoms with Gasteiger partial charge in [-0.05, 0) is 6.42 Å². The molecule has 2 aliphatic heterocycles. The van der Waals surface area contributed by atoms with E-state index in [1.807, 2.05) is 0 Å². The minimum atomic E-state index is -1.56. The Labute approximate surface area is 137 Å². The first-order valence-electron chi connectivity index (χ1n) is 7.65. The fraction of sp³-hybridized carbons (Fsp3) is 1.00. The standard InChI is InChI=1S/C13H25NO10/c14-6-9(18)7(16)4(23-12(6)21)1-2-22-13-11(20)10(19)8(17)5(3-15)24-13/h4-13,15-21H,1-3,14H2/t4-,5-,6-,7-,8+,9-,10+,11-,12?,13+/m1/s1. The highest BCUT2D eigenvalue weighted by Crippen LogP contribution is 2.24. The van der Waals surface area contributed by atoms with E-state index >= 15 is 0 Å². The van der Waals surface area contributed by atoms with Crippen LogP contribution in [0.3, 0.4) is 0 Å². The topological polar surface area (TPSA) is 195 Å². The molecule has 0 amide bonds. The second kappa shape index (κ2) is 8.29. The van der Waals surface area contributed by atoms with Crippen LogP contribution >= 0.6 is 0 Å². The van der Waals surface area contributed by atoms with Crippen LogP contribution in [0.4, 0.5) is 0 Å². The van der Waals surface area contributed by atoms with Crippen molar-refractivity contribution in [2.24, 2.45) is 5.73 Å². The maximum Gasteiger partial charge on any atom is 0.186 e. The second-order valence-corrected chi connectivity index (χ2v) is 5.98. The molecular weight excluding hydrogens is 330 g/mol. The summed E-state index contributed by atoms with van der Waals surface area (Å²) in [7, 11) is 0. The molecule has 2 aliphatic rings. The molecule has 0 aromatic heterocycles. The molecule has 2 rings (SSSR count). The van der Waals surface area contributed by atoms with Crippen molar-refractivity contribution in [3.8, 4) is 0 Å². The van der Waals surface area contributed by atoms with Crippen molar-refractivity contribution in [2.45, 2.75) is 67.8 Å². The molecule has 2 heterocycles. The summed E-state index contributed by atoms with van der Waals surface area (Å²) in [4.78, 5) is 0. The summed E-state index contributed by atoms with van der Waals surface area (Å²) in [5.41, 5.74) is 5.45. The predicted octanol–water partition coefficient (Wildman–Crippen LogP) is -5.04. The first-order valence-corrected chi connectivity index (χ1v) is 7.65. The monoisotopic (exact) mass is 355 g/mol. The Balaban J connectivity index is 1.85. The molecular formula is C13H25NO10. The van der Waals surface area contributed by atoms with Crippen molar-refractivity contribution in [2.75, 3.05) is 13.2 Å². The highest BCUT2D eigenvalue weighted by molar-refractivity contribution is 4.91. The van der Waals surface area contributed by atoms with Crippen LogP contribution < -0.4 is 5.73 Å². The predicted molar refractivity (Wildman–Crippen MR) is 75.2 cm³/mol. The maximum absolute atomic E-state index is 9.86. The van der Waals surface area contributed by atoms with Crippen molar-refractivity contribution in [3.05, 3.63) is 0 Å². The molecule has 24 heavy (non-hydrogen) atoms. The van der Waals surface area contributed by atoms with Crippen LogP contribution in [0, 0.1) is 0 Å². The van der Waals surface area contributed by atoms with Gasteiger partial charge in [-0.1, -0.05) is 0 Å². The minimum Gasteiger partial charge on any atom is -0.394 e. The smallest absolute Gasteiger partial charge is 0.186 e. The van der Waals surface area contributed by atoms with Gasteiger partial charge < -0.3 is 55.7 Å². The molecule has 0 saturated carbocycles. The quantitative estimate of drug-likeness (QED) is 0.235. The Hall–Kier alpha value is -0.440. The molecule has 11 heteroatoms. The molecule has 0 aromatic carbocycles. The van der Waals surface area contributed by atoms with E-state index in [9.17, 15) is 30.6 Å². The summed E-state index contributed by atoms with van der Waals surface area (Å²) in [6, 6.07) is -1.14. The highest BCUT2D eigenvalue weighted by atomic mass is 16.7. The zero-order valence-corrected chi connectivity index (χ0v) is 12.8. The van der Waals surface area contributed by atoms with Gasteiger partial charge in [0, 0.05) is 0 Å². The summed E-state index contributed by atoms with van der Waals surface area (Å²) in [6.07, 6.45) is -12.1. The zero-order valence-electron chi connectivity index (χ0n) is 12.8. The van der Waals surface area contributed by atoms with Crippen LogP contribution in [0.15, 0.2) is 0 Å². The lowest BCUT2D eigenvalue weighted by Gasteiger charge is -2.41. The number of aliphatic hydroxyl groups excluding tert-OH is 7. The van der Waals surface area contributed by atoms with Gasteiger partial charge in [0.1, 0.15) is 36.6 Å². The minimum absolute atomic E-state index is 0.0248. The van der Waals surface area contributed by atoms with Crippen LogP contribution in [0.2, 0.25) is 0 Å². The third-order valence-corrected chi connectivity index (χ3v) is 4.30. The summed E-state index contributed by atoms with van der Waals surface area (Å²) >= 11 is 0. The molecule has 0 radical (unpaired) electrons. The summed E-state index contributed by atoms with van der Waals surface area (Å²) in [5, 5.41) is 67.3. The Morgan fingerprint density at radius 2 is 1.42 bits per heavy atom. The Bertz CT molecular complexity index is 399. The average Bonchev–Trinajstić information content (AvgIpc) is 2.57. The van der Waals surface area contributed by atoms with E-state index in [0.29, 0.717) is 0 Å². The molecule has 142 valence electrons. The van der Waals surface area contributed by atoms with E-state index in [4.69, 9.17) is 25.1 Å². The van der Waals surface area contributed by atoms with Gasteiger partial charge in [-0.25, -0.2) is 0 Å². The lowest BCUT2D eigenvalue weighted by molar-refractivity contribution is -0.304. The Morgan fingerprint density at radius 3 is 2.04 bits per heavy atom. The molecule has 11 nitrogen and oxygen atoms in total. The number of hydrogen-bond acceptors (Lipinski definition) is 11. The van der Waals surface area contributed by atoms with Gasteiger partial charge >= 0.3 is 0 Å². The number of hydrogen-bond donors (Lipinski definition) is 8. The number of rotatable bonds is 5. The summed E-state index contributed by atoms with van der Waals surface area (Å²) in [5.74, 6) is 0. The molecule has 2 saturated heterocycles. The third-order valence-electron chi connectivity index (χ3n) is 4.30. The number of aliphatic hydroxyl groups is 7. The molecule has 0 aliphatic carbocycles. The molecule has 9 N–H and O–H groups in total. The van der Waals surface area contributed by atoms with Crippen LogP contribution in [-0.2, 0) is 14.2 Å². The molecule has 2 fully saturated rings. The van der Waals surface area contributed by atoms with Crippen molar-refractivity contribution in [3.63, 3.8) is 0 Å². The molecule has 0 aromatic rings. The third kappa shape index (κ3) is 4.03. The normalized spacial score (nSPS) is 50.0. The van der Waals surface area contributed by atoms with Gasteiger partial charge in [-0.3, -0.25) is 0 Å². The van der Waals surface area contributed by atoms with Crippen molar-refractivity contribution in [1.82, 2.24) is 0 Å². The van der Waals surface area contributed by atoms with Crippen LogP contribution in [-0.4, -0.2) is 110 Å². The summed E-state index contributed by atoms with van der Waals surface area (Å²) < 4.78 is 15.5. The summed E-state index contributed by atoms with van der Waals surface area (Å²) in [6.45, 7) is -0.704. The molecule has 0 bridgehead atoms. The van der Waals surface area contributed by atoms with Gasteiger partial charge in [-0.2, -0.15) is 0 Å².